The zero-order chi connectivity index (χ0) is 18.3. The number of furan rings is 1. The fourth-order valence-electron chi connectivity index (χ4n) is 3.53. The highest BCUT2D eigenvalue weighted by Crippen LogP contribution is 2.31. The second kappa shape index (κ2) is 6.25. The van der Waals surface area contributed by atoms with Crippen molar-refractivity contribution in [1.82, 2.24) is 9.47 Å². The van der Waals surface area contributed by atoms with Gasteiger partial charge in [0.1, 0.15) is 5.69 Å². The highest BCUT2D eigenvalue weighted by Gasteiger charge is 2.26. The van der Waals surface area contributed by atoms with Crippen LogP contribution in [-0.2, 0) is 7.05 Å². The molecule has 0 bridgehead atoms. The number of nitrogens with two attached hydrogens (primary N) is 1. The van der Waals surface area contributed by atoms with Gasteiger partial charge in [-0.3, -0.25) is 9.59 Å². The van der Waals surface area contributed by atoms with Gasteiger partial charge in [-0.05, 0) is 18.2 Å². The number of pyridine rings is 1. The number of nitrogen functional groups attached to an aromatic ring is 1. The summed E-state index contributed by atoms with van der Waals surface area (Å²) in [4.78, 5) is 28.8. The predicted molar refractivity (Wildman–Crippen MR) is 100 cm³/mol. The standard InChI is InChI=1S/C19H20N4O3/c1-21-14-6-3-2-5-13(14)17(16(20)19(21)25)22-8-10-23(11-9-22)18(24)15-7-4-12-26-15/h2-7,12H,8-11,20H2,1H3. The summed E-state index contributed by atoms with van der Waals surface area (Å²) in [5.74, 6) is 0.230. The third-order valence-electron chi connectivity index (χ3n) is 4.93. The number of para-hydroxylation sites is 1. The number of anilines is 2. The first-order chi connectivity index (χ1) is 12.6. The molecule has 7 heteroatoms. The first kappa shape index (κ1) is 16.3. The van der Waals surface area contributed by atoms with Crippen LogP contribution in [0.15, 0.2) is 51.9 Å². The molecule has 1 fully saturated rings. The molecule has 1 aliphatic rings. The largest absolute Gasteiger partial charge is 0.459 e. The molecule has 0 aliphatic carbocycles. The molecule has 134 valence electrons. The number of benzene rings is 1. The number of hydrogen-bond donors (Lipinski definition) is 1. The minimum atomic E-state index is -0.201. The van der Waals surface area contributed by atoms with Crippen LogP contribution >= 0.6 is 0 Å². The zero-order valence-electron chi connectivity index (χ0n) is 14.5. The van der Waals surface area contributed by atoms with Crippen LogP contribution < -0.4 is 16.2 Å². The Balaban J connectivity index is 1.64. The summed E-state index contributed by atoms with van der Waals surface area (Å²) in [6.07, 6.45) is 1.50. The topological polar surface area (TPSA) is 84.7 Å². The predicted octanol–water partition coefficient (Wildman–Crippen LogP) is 1.68. The molecule has 0 unspecified atom stereocenters. The van der Waals surface area contributed by atoms with Gasteiger partial charge in [0.2, 0.25) is 0 Å². The fourth-order valence-corrected chi connectivity index (χ4v) is 3.53. The Bertz CT molecular complexity index is 1020. The summed E-state index contributed by atoms with van der Waals surface area (Å²) in [5, 5.41) is 0.943. The van der Waals surface area contributed by atoms with Crippen molar-refractivity contribution in [2.24, 2.45) is 7.05 Å². The number of fused-ring (bicyclic) bond motifs is 1. The molecule has 7 nitrogen and oxygen atoms in total. The van der Waals surface area contributed by atoms with Gasteiger partial charge < -0.3 is 24.5 Å². The van der Waals surface area contributed by atoms with Gasteiger partial charge in [-0.1, -0.05) is 18.2 Å². The molecule has 0 saturated carbocycles. The summed E-state index contributed by atoms with van der Waals surface area (Å²) < 4.78 is 6.77. The van der Waals surface area contributed by atoms with E-state index >= 15 is 0 Å². The number of carbonyl (C=O) groups excluding carboxylic acids is 1. The molecule has 3 heterocycles. The number of amides is 1. The molecule has 2 N–H and O–H groups in total. The van der Waals surface area contributed by atoms with E-state index in [1.807, 2.05) is 24.3 Å². The van der Waals surface area contributed by atoms with Crippen LogP contribution in [0.1, 0.15) is 10.6 Å². The molecule has 26 heavy (non-hydrogen) atoms. The molecular formula is C19H20N4O3. The van der Waals surface area contributed by atoms with Crippen LogP contribution in [0.4, 0.5) is 11.4 Å². The maximum absolute atomic E-state index is 12.5. The Morgan fingerprint density at radius 1 is 1.08 bits per heavy atom. The van der Waals surface area contributed by atoms with E-state index in [0.717, 1.165) is 16.6 Å². The molecule has 0 atom stereocenters. The normalized spacial score (nSPS) is 14.8. The lowest BCUT2D eigenvalue weighted by Crippen LogP contribution is -2.49. The number of carbonyl (C=O) groups is 1. The summed E-state index contributed by atoms with van der Waals surface area (Å²) in [7, 11) is 1.73. The number of hydrogen-bond acceptors (Lipinski definition) is 5. The van der Waals surface area contributed by atoms with Gasteiger partial charge in [0.15, 0.2) is 5.76 Å². The fraction of sp³-hybridized carbons (Fsp3) is 0.263. The van der Waals surface area contributed by atoms with Crippen LogP contribution in [0.2, 0.25) is 0 Å². The minimum absolute atomic E-state index is 0.114. The number of aromatic nitrogens is 1. The quantitative estimate of drug-likeness (QED) is 0.758. The Hall–Kier alpha value is -3.22. The SMILES string of the molecule is Cn1c(=O)c(N)c(N2CCN(C(=O)c3ccco3)CC2)c2ccccc21. The summed E-state index contributed by atoms with van der Waals surface area (Å²) in [6, 6.07) is 11.1. The molecule has 1 aromatic carbocycles. The van der Waals surface area contributed by atoms with Gasteiger partial charge in [0, 0.05) is 38.6 Å². The monoisotopic (exact) mass is 352 g/mol. The van der Waals surface area contributed by atoms with Crippen LogP contribution in [0.3, 0.4) is 0 Å². The van der Waals surface area contributed by atoms with Gasteiger partial charge in [0.05, 0.1) is 17.5 Å². The molecule has 1 amide bonds. The molecule has 1 saturated heterocycles. The van der Waals surface area contributed by atoms with E-state index in [0.29, 0.717) is 31.9 Å². The maximum Gasteiger partial charge on any atom is 0.289 e. The second-order valence-corrected chi connectivity index (χ2v) is 6.40. The summed E-state index contributed by atoms with van der Waals surface area (Å²) in [5.41, 5.74) is 7.83. The number of nitrogens with zero attached hydrogens (tertiary/aromatic N) is 3. The van der Waals surface area contributed by atoms with Gasteiger partial charge >= 0.3 is 0 Å². The van der Waals surface area contributed by atoms with E-state index in [4.69, 9.17) is 10.2 Å². The first-order valence-electron chi connectivity index (χ1n) is 8.53. The van der Waals surface area contributed by atoms with Crippen LogP contribution in [0.5, 0.6) is 0 Å². The third-order valence-corrected chi connectivity index (χ3v) is 4.93. The Morgan fingerprint density at radius 3 is 2.50 bits per heavy atom. The maximum atomic E-state index is 12.5. The van der Waals surface area contributed by atoms with E-state index in [2.05, 4.69) is 4.90 Å². The lowest BCUT2D eigenvalue weighted by molar-refractivity contribution is 0.0715. The average Bonchev–Trinajstić information content (AvgIpc) is 3.21. The molecule has 4 rings (SSSR count). The average molecular weight is 352 g/mol. The number of piperazine rings is 1. The molecule has 2 aromatic heterocycles. The number of aryl methyl sites for hydroxylation is 1. The number of rotatable bonds is 2. The van der Waals surface area contributed by atoms with Crippen molar-refractivity contribution in [3.05, 3.63) is 58.8 Å². The van der Waals surface area contributed by atoms with Crippen LogP contribution in [0.25, 0.3) is 10.9 Å². The Kier molecular flexibility index (Phi) is 3.91. The van der Waals surface area contributed by atoms with Crippen molar-refractivity contribution in [3.8, 4) is 0 Å². The van der Waals surface area contributed by atoms with Crippen molar-refractivity contribution < 1.29 is 9.21 Å². The lowest BCUT2D eigenvalue weighted by atomic mass is 10.1. The minimum Gasteiger partial charge on any atom is -0.459 e. The van der Waals surface area contributed by atoms with Crippen molar-refractivity contribution in [1.29, 1.82) is 0 Å². The van der Waals surface area contributed by atoms with E-state index < -0.39 is 0 Å². The van der Waals surface area contributed by atoms with Crippen LogP contribution in [0, 0.1) is 0 Å². The van der Waals surface area contributed by atoms with E-state index in [1.165, 1.54) is 6.26 Å². The highest BCUT2D eigenvalue weighted by molar-refractivity contribution is 5.98. The van der Waals surface area contributed by atoms with E-state index in [1.54, 1.807) is 28.6 Å². The van der Waals surface area contributed by atoms with Crippen molar-refractivity contribution in [2.45, 2.75) is 0 Å². The van der Waals surface area contributed by atoms with Crippen molar-refractivity contribution in [2.75, 3.05) is 36.8 Å². The van der Waals surface area contributed by atoms with Gasteiger partial charge in [0.25, 0.3) is 11.5 Å². The third kappa shape index (κ3) is 2.52. The van der Waals surface area contributed by atoms with Crippen molar-refractivity contribution >= 4 is 28.2 Å². The second-order valence-electron chi connectivity index (χ2n) is 6.40. The van der Waals surface area contributed by atoms with Gasteiger partial charge in [-0.25, -0.2) is 0 Å². The van der Waals surface area contributed by atoms with Gasteiger partial charge in [-0.2, -0.15) is 0 Å². The summed E-state index contributed by atoms with van der Waals surface area (Å²) >= 11 is 0. The molecular weight excluding hydrogens is 332 g/mol. The van der Waals surface area contributed by atoms with Gasteiger partial charge in [-0.15, -0.1) is 0 Å². The molecule has 1 aliphatic heterocycles. The van der Waals surface area contributed by atoms with E-state index in [-0.39, 0.29) is 17.2 Å². The molecule has 3 aromatic rings. The van der Waals surface area contributed by atoms with E-state index in [9.17, 15) is 9.59 Å². The molecule has 0 spiro atoms. The zero-order valence-corrected chi connectivity index (χ0v) is 14.5. The van der Waals surface area contributed by atoms with Crippen molar-refractivity contribution in [3.63, 3.8) is 0 Å². The Labute approximate surface area is 150 Å². The summed E-state index contributed by atoms with van der Waals surface area (Å²) in [6.45, 7) is 2.30. The lowest BCUT2D eigenvalue weighted by Gasteiger charge is -2.36. The van der Waals surface area contributed by atoms with Crippen LogP contribution in [-0.4, -0.2) is 41.6 Å². The molecule has 0 radical (unpaired) electrons. The Morgan fingerprint density at radius 2 is 1.81 bits per heavy atom. The highest BCUT2D eigenvalue weighted by atomic mass is 16.3. The smallest absolute Gasteiger partial charge is 0.289 e. The first-order valence-corrected chi connectivity index (χ1v) is 8.53.